The molecule has 0 saturated heterocycles. The van der Waals surface area contributed by atoms with Crippen molar-refractivity contribution in [3.05, 3.63) is 24.3 Å². The van der Waals surface area contributed by atoms with Gasteiger partial charge in [-0.3, -0.25) is 9.59 Å². The van der Waals surface area contributed by atoms with E-state index in [1.165, 1.54) is 6.92 Å². The van der Waals surface area contributed by atoms with Gasteiger partial charge in [0, 0.05) is 24.7 Å². The van der Waals surface area contributed by atoms with Crippen LogP contribution in [0.1, 0.15) is 27.2 Å². The van der Waals surface area contributed by atoms with E-state index >= 15 is 0 Å². The first kappa shape index (κ1) is 19.0. The van der Waals surface area contributed by atoms with Gasteiger partial charge in [0.2, 0.25) is 11.8 Å². The summed E-state index contributed by atoms with van der Waals surface area (Å²) in [5.74, 6) is -0.0738. The lowest BCUT2D eigenvalue weighted by Gasteiger charge is -2.12. The minimum Gasteiger partial charge on any atom is -0.332 e. The molecule has 0 radical (unpaired) electrons. The summed E-state index contributed by atoms with van der Waals surface area (Å²) in [6.45, 7) is 5.32. The molecule has 0 aromatic heterocycles. The fraction of sp³-hybridized carbons (Fsp3) is 0.333. The highest BCUT2D eigenvalue weighted by molar-refractivity contribution is 7.80. The molecule has 23 heavy (non-hydrogen) atoms. The van der Waals surface area contributed by atoms with E-state index in [1.54, 1.807) is 24.3 Å². The van der Waals surface area contributed by atoms with E-state index in [-0.39, 0.29) is 28.0 Å². The van der Waals surface area contributed by atoms with Crippen molar-refractivity contribution in [1.29, 1.82) is 0 Å². The number of carbonyl (C=O) groups excluding carboxylic acids is 2. The fourth-order valence-corrected chi connectivity index (χ4v) is 2.16. The quantitative estimate of drug-likeness (QED) is 0.623. The highest BCUT2D eigenvalue weighted by atomic mass is 32.1. The summed E-state index contributed by atoms with van der Waals surface area (Å²) in [4.78, 5) is 22.5. The molecule has 1 rings (SSSR count). The van der Waals surface area contributed by atoms with Crippen molar-refractivity contribution in [2.45, 2.75) is 27.2 Å². The maximum Gasteiger partial charge on any atom is 0.226 e. The third kappa shape index (κ3) is 8.22. The summed E-state index contributed by atoms with van der Waals surface area (Å²) >= 11 is 10.1. The van der Waals surface area contributed by atoms with Crippen molar-refractivity contribution in [3.63, 3.8) is 0 Å². The summed E-state index contributed by atoms with van der Waals surface area (Å²) < 4.78 is 0. The number of thiocarbonyl (C=S) groups is 2. The molecule has 4 N–H and O–H groups in total. The summed E-state index contributed by atoms with van der Waals surface area (Å²) in [5.41, 5.74) is 1.46. The number of benzene rings is 1. The molecule has 0 spiro atoms. The molecule has 1 aromatic carbocycles. The van der Waals surface area contributed by atoms with Crippen LogP contribution in [-0.2, 0) is 9.59 Å². The SMILES string of the molecule is CC(=O)NC(=S)Nc1ccc(NC(=S)NC(=O)CC(C)C)cc1. The maximum absolute atomic E-state index is 11.6. The first-order valence-corrected chi connectivity index (χ1v) is 7.87. The summed E-state index contributed by atoms with van der Waals surface area (Å²) in [5, 5.41) is 11.4. The molecule has 0 bridgehead atoms. The van der Waals surface area contributed by atoms with E-state index < -0.39 is 0 Å². The molecule has 0 aliphatic carbocycles. The van der Waals surface area contributed by atoms with Crippen molar-refractivity contribution >= 4 is 57.8 Å². The highest BCUT2D eigenvalue weighted by Gasteiger charge is 2.07. The highest BCUT2D eigenvalue weighted by Crippen LogP contribution is 2.13. The molecule has 0 unspecified atom stereocenters. The van der Waals surface area contributed by atoms with Crippen molar-refractivity contribution in [2.75, 3.05) is 10.6 Å². The first-order chi connectivity index (χ1) is 10.8. The maximum atomic E-state index is 11.6. The average Bonchev–Trinajstić information content (AvgIpc) is 2.38. The van der Waals surface area contributed by atoms with Crippen LogP contribution in [0.5, 0.6) is 0 Å². The molecule has 1 aromatic rings. The Morgan fingerprint density at radius 2 is 1.39 bits per heavy atom. The van der Waals surface area contributed by atoms with Gasteiger partial charge in [-0.1, -0.05) is 13.8 Å². The molecular formula is C15H20N4O2S2. The number of hydrogen-bond acceptors (Lipinski definition) is 4. The lowest BCUT2D eigenvalue weighted by atomic mass is 10.1. The number of amides is 2. The molecule has 6 nitrogen and oxygen atoms in total. The monoisotopic (exact) mass is 352 g/mol. The Kier molecular flexibility index (Phi) is 7.56. The molecule has 8 heteroatoms. The molecule has 0 atom stereocenters. The second-order valence-electron chi connectivity index (χ2n) is 5.31. The van der Waals surface area contributed by atoms with Gasteiger partial charge in [0.15, 0.2) is 10.2 Å². The van der Waals surface area contributed by atoms with Gasteiger partial charge in [-0.25, -0.2) is 0 Å². The average molecular weight is 352 g/mol. The topological polar surface area (TPSA) is 82.3 Å². The molecular weight excluding hydrogens is 332 g/mol. The Hall–Kier alpha value is -2.06. The number of carbonyl (C=O) groups is 2. The zero-order valence-corrected chi connectivity index (χ0v) is 14.9. The van der Waals surface area contributed by atoms with Crippen molar-refractivity contribution < 1.29 is 9.59 Å². The summed E-state index contributed by atoms with van der Waals surface area (Å²) in [6, 6.07) is 7.10. The third-order valence-corrected chi connectivity index (χ3v) is 2.95. The Bertz CT molecular complexity index is 600. The van der Waals surface area contributed by atoms with Crippen molar-refractivity contribution in [1.82, 2.24) is 10.6 Å². The van der Waals surface area contributed by atoms with E-state index in [0.29, 0.717) is 6.42 Å². The Labute approximate surface area is 146 Å². The second-order valence-corrected chi connectivity index (χ2v) is 6.13. The Balaban J connectivity index is 2.50. The fourth-order valence-electron chi connectivity index (χ4n) is 1.67. The Morgan fingerprint density at radius 3 is 1.78 bits per heavy atom. The number of anilines is 2. The van der Waals surface area contributed by atoms with Gasteiger partial charge >= 0.3 is 0 Å². The minimum atomic E-state index is -0.233. The predicted octanol–water partition coefficient (Wildman–Crippen LogP) is 2.38. The minimum absolute atomic E-state index is 0.114. The Morgan fingerprint density at radius 1 is 0.957 bits per heavy atom. The van der Waals surface area contributed by atoms with Gasteiger partial charge in [-0.2, -0.15) is 0 Å². The second kappa shape index (κ2) is 9.16. The van der Waals surface area contributed by atoms with Gasteiger partial charge < -0.3 is 21.3 Å². The number of rotatable bonds is 4. The van der Waals surface area contributed by atoms with Gasteiger partial charge in [0.05, 0.1) is 0 Å². The van der Waals surface area contributed by atoms with E-state index in [0.717, 1.165) is 11.4 Å². The number of nitrogens with one attached hydrogen (secondary N) is 4. The van der Waals surface area contributed by atoms with Crippen LogP contribution in [0.4, 0.5) is 11.4 Å². The predicted molar refractivity (Wildman–Crippen MR) is 100 cm³/mol. The van der Waals surface area contributed by atoms with Gasteiger partial charge in [0.25, 0.3) is 0 Å². The van der Waals surface area contributed by atoms with Gasteiger partial charge in [0.1, 0.15) is 0 Å². The van der Waals surface area contributed by atoms with Gasteiger partial charge in [-0.05, 0) is 54.6 Å². The summed E-state index contributed by atoms with van der Waals surface area (Å²) in [6.07, 6.45) is 0.422. The van der Waals surface area contributed by atoms with Crippen LogP contribution in [0, 0.1) is 5.92 Å². The summed E-state index contributed by atoms with van der Waals surface area (Å²) in [7, 11) is 0. The van der Waals surface area contributed by atoms with E-state index in [1.807, 2.05) is 13.8 Å². The van der Waals surface area contributed by atoms with Gasteiger partial charge in [-0.15, -0.1) is 0 Å². The molecule has 0 saturated carbocycles. The van der Waals surface area contributed by atoms with Crippen LogP contribution >= 0.6 is 24.4 Å². The zero-order valence-electron chi connectivity index (χ0n) is 13.2. The molecule has 0 aliphatic heterocycles. The zero-order chi connectivity index (χ0) is 17.4. The molecule has 2 amide bonds. The molecule has 0 aliphatic rings. The molecule has 124 valence electrons. The van der Waals surface area contributed by atoms with E-state index in [2.05, 4.69) is 21.3 Å². The first-order valence-electron chi connectivity index (χ1n) is 7.05. The smallest absolute Gasteiger partial charge is 0.226 e. The lowest BCUT2D eigenvalue weighted by Crippen LogP contribution is -2.34. The largest absolute Gasteiger partial charge is 0.332 e. The standard InChI is InChI=1S/C15H20N4O2S2/c1-9(2)8-13(21)19-15(23)18-12-6-4-11(5-7-12)17-14(22)16-10(3)20/h4-7,9H,8H2,1-3H3,(H2,16,17,20,22)(H2,18,19,21,23). The van der Waals surface area contributed by atoms with Crippen LogP contribution in [0.2, 0.25) is 0 Å². The van der Waals surface area contributed by atoms with Crippen LogP contribution in [0.15, 0.2) is 24.3 Å². The van der Waals surface area contributed by atoms with Crippen molar-refractivity contribution in [2.24, 2.45) is 5.92 Å². The van der Waals surface area contributed by atoms with E-state index in [4.69, 9.17) is 24.4 Å². The van der Waals surface area contributed by atoms with Crippen LogP contribution in [-0.4, -0.2) is 22.0 Å². The van der Waals surface area contributed by atoms with Crippen LogP contribution < -0.4 is 21.3 Å². The normalized spacial score (nSPS) is 9.91. The lowest BCUT2D eigenvalue weighted by molar-refractivity contribution is -0.120. The van der Waals surface area contributed by atoms with Crippen molar-refractivity contribution in [3.8, 4) is 0 Å². The van der Waals surface area contributed by atoms with Crippen LogP contribution in [0.3, 0.4) is 0 Å². The number of hydrogen-bond donors (Lipinski definition) is 4. The van der Waals surface area contributed by atoms with Crippen LogP contribution in [0.25, 0.3) is 0 Å². The molecule has 0 heterocycles. The van der Waals surface area contributed by atoms with E-state index in [9.17, 15) is 9.59 Å². The molecule has 0 fully saturated rings. The third-order valence-electron chi connectivity index (χ3n) is 2.54.